The van der Waals surface area contributed by atoms with Crippen LogP contribution >= 0.6 is 0 Å². The number of nitrogens with zero attached hydrogens (tertiary/aromatic N) is 1. The van der Waals surface area contributed by atoms with Crippen molar-refractivity contribution >= 4 is 49.4 Å². The average Bonchev–Trinajstić information content (AvgIpc) is 3.25. The number of nitrogens with two attached hydrogens (primary N) is 1. The maximum atomic E-state index is 10.4. The van der Waals surface area contributed by atoms with Crippen molar-refractivity contribution in [2.24, 2.45) is 0 Å². The number of alkyl halides is 3. The van der Waals surface area contributed by atoms with E-state index in [0.717, 1.165) is 17.1 Å². The van der Waals surface area contributed by atoms with Crippen LogP contribution in [0.25, 0.3) is 65.7 Å². The molecule has 2 N–H and O–H groups in total. The van der Waals surface area contributed by atoms with Crippen molar-refractivity contribution in [3.8, 4) is 33.4 Å². The molecule has 0 heterocycles. The van der Waals surface area contributed by atoms with Gasteiger partial charge < -0.3 is 10.6 Å². The first-order chi connectivity index (χ1) is 28.2. The number of benzene rings is 9. The summed E-state index contributed by atoms with van der Waals surface area (Å²) in [5.41, 5.74) is 18.0. The van der Waals surface area contributed by atoms with Gasteiger partial charge in [-0.25, -0.2) is 0 Å². The van der Waals surface area contributed by atoms with E-state index in [1.165, 1.54) is 71.3 Å². The average molecular weight is 767 g/mol. The molecular weight excluding hydrogens is 722 g/mol. The number of hydrogen-bond donors (Lipinski definition) is 1. The Kier molecular flexibility index (Phi) is 11.9. The zero-order valence-corrected chi connectivity index (χ0v) is 32.8. The van der Waals surface area contributed by atoms with E-state index < -0.39 is 6.18 Å². The number of anilines is 3. The summed E-state index contributed by atoms with van der Waals surface area (Å²) in [5, 5.41) is 7.45. The number of nitrogen functional groups attached to an aromatic ring is 1. The molecule has 0 aliphatic rings. The second-order valence-electron chi connectivity index (χ2n) is 13.9. The molecule has 288 valence electrons. The van der Waals surface area contributed by atoms with E-state index in [4.69, 9.17) is 5.73 Å². The van der Waals surface area contributed by atoms with Crippen molar-refractivity contribution in [3.63, 3.8) is 0 Å². The monoisotopic (exact) mass is 766 g/mol. The quantitative estimate of drug-likeness (QED) is 0.129. The van der Waals surface area contributed by atoms with E-state index in [0.29, 0.717) is 6.54 Å². The molecule has 9 aromatic carbocycles. The summed E-state index contributed by atoms with van der Waals surface area (Å²) < 4.78 is 31.1. The van der Waals surface area contributed by atoms with Crippen LogP contribution in [-0.2, 0) is 6.54 Å². The number of halogens is 3. The molecule has 0 aromatic heterocycles. The van der Waals surface area contributed by atoms with Gasteiger partial charge in [0.1, 0.15) is 0 Å². The van der Waals surface area contributed by atoms with E-state index in [9.17, 15) is 13.2 Å². The minimum atomic E-state index is -4.00. The molecule has 0 saturated heterocycles. The van der Waals surface area contributed by atoms with Crippen molar-refractivity contribution in [1.29, 1.82) is 0 Å². The Morgan fingerprint density at radius 3 is 1.55 bits per heavy atom. The zero-order valence-electron chi connectivity index (χ0n) is 32.8. The highest BCUT2D eigenvalue weighted by Gasteiger charge is 2.19. The van der Waals surface area contributed by atoms with Gasteiger partial charge in [0.25, 0.3) is 0 Å². The highest BCUT2D eigenvalue weighted by Crippen LogP contribution is 2.45. The number of fused-ring (bicyclic) bond motifs is 3. The van der Waals surface area contributed by atoms with Crippen molar-refractivity contribution < 1.29 is 13.2 Å². The molecule has 0 bridgehead atoms. The molecule has 0 unspecified atom stereocenters. The summed E-state index contributed by atoms with van der Waals surface area (Å²) in [6.45, 7) is 4.85. The van der Waals surface area contributed by atoms with Crippen molar-refractivity contribution in [2.75, 3.05) is 10.6 Å². The minimum absolute atomic E-state index is 0.188. The van der Waals surface area contributed by atoms with Crippen molar-refractivity contribution in [1.82, 2.24) is 0 Å². The normalized spacial score (nSPS) is 11.1. The fourth-order valence-corrected chi connectivity index (χ4v) is 7.64. The lowest BCUT2D eigenvalue weighted by atomic mass is 9.85. The molecule has 0 atom stereocenters. The number of rotatable bonds is 7. The second kappa shape index (κ2) is 17.5. The molecule has 2 nitrogen and oxygen atoms in total. The molecule has 0 amide bonds. The van der Waals surface area contributed by atoms with Gasteiger partial charge in [-0.15, -0.1) is 0 Å². The highest BCUT2D eigenvalue weighted by molar-refractivity contribution is 6.21. The van der Waals surface area contributed by atoms with Gasteiger partial charge in [0.05, 0.1) is 11.4 Å². The van der Waals surface area contributed by atoms with Crippen LogP contribution in [0.5, 0.6) is 0 Å². The van der Waals surface area contributed by atoms with Crippen molar-refractivity contribution in [2.45, 2.75) is 33.5 Å². The SMILES string of the molecule is CC.CC(F)(F)F.Nc1ccccc1N(Cc1cccc(-c2ccccc2)c1)c1cccc(-c2c3ccccc3c(-c3ccc4ccccc4c3)c3ccccc23)c1. The Bertz CT molecular complexity index is 2750. The second-order valence-corrected chi connectivity index (χ2v) is 13.9. The van der Waals surface area contributed by atoms with Crippen LogP contribution in [0.15, 0.2) is 194 Å². The Labute approximate surface area is 338 Å². The molecule has 0 aliphatic heterocycles. The number of hydrogen-bond acceptors (Lipinski definition) is 2. The van der Waals surface area contributed by atoms with Crippen LogP contribution < -0.4 is 10.6 Å². The predicted octanol–water partition coefficient (Wildman–Crippen LogP) is 15.7. The summed E-state index contributed by atoms with van der Waals surface area (Å²) in [7, 11) is 0. The third kappa shape index (κ3) is 8.75. The molecular formula is C53H45F3N2. The predicted molar refractivity (Wildman–Crippen MR) is 241 cm³/mol. The maximum Gasteiger partial charge on any atom is 0.386 e. The molecule has 0 fully saturated rings. The fourth-order valence-electron chi connectivity index (χ4n) is 7.64. The lowest BCUT2D eigenvalue weighted by Gasteiger charge is -2.27. The standard InChI is InChI=1S/C49H36N2.C2H3F3.C2H6/c50-46-26-10-11-27-47(46)51(33-34-14-12-19-37(30-34)35-15-2-1-3-16-35)41-21-13-20-39(32-41)48-42-22-6-8-24-44(42)49(45-25-9-7-23-43(45)48)40-29-28-36-17-4-5-18-38(36)31-40;1-2(3,4)5;1-2/h1-32H,33,50H2;1H3;1-2H3. The van der Waals surface area contributed by atoms with Gasteiger partial charge in [0.2, 0.25) is 0 Å². The van der Waals surface area contributed by atoms with Gasteiger partial charge in [-0.3, -0.25) is 0 Å². The molecule has 0 spiro atoms. The van der Waals surface area contributed by atoms with Crippen LogP contribution in [0.2, 0.25) is 0 Å². The van der Waals surface area contributed by atoms with Crippen LogP contribution in [0.1, 0.15) is 26.3 Å². The van der Waals surface area contributed by atoms with Crippen LogP contribution in [0.4, 0.5) is 30.2 Å². The molecule has 58 heavy (non-hydrogen) atoms. The van der Waals surface area contributed by atoms with Gasteiger partial charge in [0.15, 0.2) is 0 Å². The third-order valence-electron chi connectivity index (χ3n) is 10.0. The highest BCUT2D eigenvalue weighted by atomic mass is 19.4. The fraction of sp³-hybridized carbons (Fsp3) is 0.0943. The van der Waals surface area contributed by atoms with Crippen LogP contribution in [-0.4, -0.2) is 6.18 Å². The Balaban J connectivity index is 0.000000682. The minimum Gasteiger partial charge on any atom is -0.397 e. The summed E-state index contributed by atoms with van der Waals surface area (Å²) in [4.78, 5) is 2.34. The summed E-state index contributed by atoms with van der Waals surface area (Å²) in [6.07, 6.45) is -4.00. The van der Waals surface area contributed by atoms with Crippen molar-refractivity contribution in [3.05, 3.63) is 200 Å². The van der Waals surface area contributed by atoms with Crippen LogP contribution in [0, 0.1) is 0 Å². The molecule has 5 heteroatoms. The molecule has 0 aliphatic carbocycles. The lowest BCUT2D eigenvalue weighted by Crippen LogP contribution is -2.18. The van der Waals surface area contributed by atoms with E-state index in [1.807, 2.05) is 26.0 Å². The van der Waals surface area contributed by atoms with Gasteiger partial charge >= 0.3 is 6.18 Å². The van der Waals surface area contributed by atoms with Gasteiger partial charge in [0, 0.05) is 19.2 Å². The summed E-state index contributed by atoms with van der Waals surface area (Å²) in [5.74, 6) is 0. The van der Waals surface area contributed by atoms with Crippen LogP contribution in [0.3, 0.4) is 0 Å². The zero-order chi connectivity index (χ0) is 40.6. The smallest absolute Gasteiger partial charge is 0.386 e. The first kappa shape index (κ1) is 39.4. The largest absolute Gasteiger partial charge is 0.397 e. The van der Waals surface area contributed by atoms with Gasteiger partial charge in [-0.1, -0.05) is 172 Å². The lowest BCUT2D eigenvalue weighted by molar-refractivity contribution is -0.110. The first-order valence-electron chi connectivity index (χ1n) is 19.6. The molecule has 9 rings (SSSR count). The Hall–Kier alpha value is -6.85. The van der Waals surface area contributed by atoms with E-state index >= 15 is 0 Å². The maximum absolute atomic E-state index is 10.4. The van der Waals surface area contributed by atoms with E-state index in [2.05, 4.69) is 187 Å². The molecule has 0 saturated carbocycles. The molecule has 0 radical (unpaired) electrons. The first-order valence-corrected chi connectivity index (χ1v) is 19.6. The summed E-state index contributed by atoms with van der Waals surface area (Å²) >= 11 is 0. The van der Waals surface area contributed by atoms with E-state index in [-0.39, 0.29) is 6.92 Å². The third-order valence-corrected chi connectivity index (χ3v) is 10.0. The van der Waals surface area contributed by atoms with Gasteiger partial charge in [-0.2, -0.15) is 13.2 Å². The topological polar surface area (TPSA) is 29.3 Å². The van der Waals surface area contributed by atoms with E-state index in [1.54, 1.807) is 0 Å². The molecule has 9 aromatic rings. The van der Waals surface area contributed by atoms with Gasteiger partial charge in [-0.05, 0) is 108 Å². The Morgan fingerprint density at radius 1 is 0.448 bits per heavy atom. The Morgan fingerprint density at radius 2 is 0.931 bits per heavy atom. The summed E-state index contributed by atoms with van der Waals surface area (Å²) in [6, 6.07) is 69.7. The number of para-hydroxylation sites is 2.